The van der Waals surface area contributed by atoms with Crippen molar-refractivity contribution in [3.05, 3.63) is 40.9 Å². The molecule has 0 spiro atoms. The van der Waals surface area contributed by atoms with E-state index in [2.05, 4.69) is 41.4 Å². The van der Waals surface area contributed by atoms with Crippen LogP contribution in [0.1, 0.15) is 63.9 Å². The quantitative estimate of drug-likeness (QED) is 0.500. The lowest BCUT2D eigenvalue weighted by molar-refractivity contribution is 0.423. The van der Waals surface area contributed by atoms with Gasteiger partial charge in [0.25, 0.3) is 0 Å². The fraction of sp³-hybridized carbons (Fsp3) is 0.476. The number of benzene rings is 1. The van der Waals surface area contributed by atoms with Crippen LogP contribution in [0.4, 0.5) is 0 Å². The van der Waals surface area contributed by atoms with Gasteiger partial charge in [0.05, 0.1) is 5.02 Å². The molecule has 0 fully saturated rings. The maximum Gasteiger partial charge on any atom is 0.164 e. The van der Waals surface area contributed by atoms with E-state index in [1.54, 1.807) is 6.33 Å². The van der Waals surface area contributed by atoms with Gasteiger partial charge < -0.3 is 4.57 Å². The third-order valence-corrected chi connectivity index (χ3v) is 5.17. The molecule has 0 aliphatic carbocycles. The number of aromatic nitrogens is 4. The Bertz CT molecular complexity index is 894. The summed E-state index contributed by atoms with van der Waals surface area (Å²) in [6.45, 7) is 8.66. The van der Waals surface area contributed by atoms with E-state index in [4.69, 9.17) is 16.6 Å². The minimum Gasteiger partial charge on any atom is -0.309 e. The molecule has 0 N–H and O–H groups in total. The Morgan fingerprint density at radius 1 is 1.08 bits per heavy atom. The van der Waals surface area contributed by atoms with Gasteiger partial charge in [0, 0.05) is 18.0 Å². The molecule has 3 aromatic rings. The van der Waals surface area contributed by atoms with Gasteiger partial charge in [0.15, 0.2) is 5.65 Å². The fourth-order valence-corrected chi connectivity index (χ4v) is 3.99. The molecule has 1 aromatic carbocycles. The van der Waals surface area contributed by atoms with E-state index in [1.165, 1.54) is 0 Å². The molecule has 5 heteroatoms. The van der Waals surface area contributed by atoms with Gasteiger partial charge in [-0.2, -0.15) is 0 Å². The van der Waals surface area contributed by atoms with Crippen LogP contribution in [-0.4, -0.2) is 19.5 Å². The second kappa shape index (κ2) is 8.17. The summed E-state index contributed by atoms with van der Waals surface area (Å²) >= 11 is 6.51. The van der Waals surface area contributed by atoms with Crippen LogP contribution in [0.5, 0.6) is 0 Å². The molecule has 26 heavy (non-hydrogen) atoms. The monoisotopic (exact) mass is 370 g/mol. The lowest BCUT2D eigenvalue weighted by atomic mass is 10.1. The Hall–Kier alpha value is -1.94. The molecule has 0 saturated heterocycles. The lowest BCUT2D eigenvalue weighted by Crippen LogP contribution is -2.12. The number of rotatable bonds is 7. The van der Waals surface area contributed by atoms with E-state index < -0.39 is 0 Å². The van der Waals surface area contributed by atoms with Crippen LogP contribution in [0.25, 0.3) is 22.4 Å². The number of hydrogen-bond donors (Lipinski definition) is 0. The Labute approximate surface area is 160 Å². The molecule has 0 radical (unpaired) electrons. The van der Waals surface area contributed by atoms with Crippen molar-refractivity contribution in [2.75, 3.05) is 0 Å². The molecule has 0 unspecified atom stereocenters. The predicted molar refractivity (Wildman–Crippen MR) is 109 cm³/mol. The molecular formula is C21H27ClN4. The largest absolute Gasteiger partial charge is 0.309 e. The van der Waals surface area contributed by atoms with Crippen molar-refractivity contribution in [3.8, 4) is 11.3 Å². The maximum absolute atomic E-state index is 6.51. The van der Waals surface area contributed by atoms with Crippen LogP contribution in [0.3, 0.4) is 0 Å². The van der Waals surface area contributed by atoms with Crippen molar-refractivity contribution < 1.29 is 0 Å². The van der Waals surface area contributed by atoms with E-state index in [0.717, 1.165) is 65.9 Å². The summed E-state index contributed by atoms with van der Waals surface area (Å²) in [5, 5.41) is 0.705. The molecule has 0 saturated carbocycles. The van der Waals surface area contributed by atoms with Crippen LogP contribution in [0.2, 0.25) is 5.02 Å². The van der Waals surface area contributed by atoms with Crippen molar-refractivity contribution >= 4 is 22.8 Å². The summed E-state index contributed by atoms with van der Waals surface area (Å²) in [6, 6.07) is 6.49. The molecule has 3 rings (SSSR count). The average molecular weight is 371 g/mol. The van der Waals surface area contributed by atoms with Gasteiger partial charge in [-0.25, -0.2) is 15.0 Å². The van der Waals surface area contributed by atoms with Gasteiger partial charge in [-0.05, 0) is 31.4 Å². The molecule has 0 aliphatic rings. The zero-order valence-corrected chi connectivity index (χ0v) is 16.8. The third kappa shape index (κ3) is 3.48. The number of fused-ring (bicyclic) bond motifs is 1. The van der Waals surface area contributed by atoms with Crippen molar-refractivity contribution in [1.29, 1.82) is 0 Å². The maximum atomic E-state index is 6.51. The highest BCUT2D eigenvalue weighted by molar-refractivity contribution is 6.33. The standard InChI is InChI=1S/C21H27ClN4/c1-5-8-15(9-6-2)26-18(7-3)25-20-19(23-13-24-21(20)26)16-11-10-14(4)12-17(16)22/h10-13,15H,5-9H2,1-4H3. The molecule has 138 valence electrons. The smallest absolute Gasteiger partial charge is 0.164 e. The molecule has 0 atom stereocenters. The van der Waals surface area contributed by atoms with E-state index in [-0.39, 0.29) is 0 Å². The van der Waals surface area contributed by atoms with Crippen molar-refractivity contribution in [2.45, 2.75) is 65.8 Å². The highest BCUT2D eigenvalue weighted by atomic mass is 35.5. The molecular weight excluding hydrogens is 344 g/mol. The Kier molecular flexibility index (Phi) is 5.92. The summed E-state index contributed by atoms with van der Waals surface area (Å²) in [6.07, 6.45) is 7.08. The topological polar surface area (TPSA) is 43.6 Å². The number of hydrogen-bond acceptors (Lipinski definition) is 3. The number of imidazole rings is 1. The molecule has 0 amide bonds. The fourth-order valence-electron chi connectivity index (χ4n) is 3.67. The zero-order valence-electron chi connectivity index (χ0n) is 16.1. The Morgan fingerprint density at radius 3 is 2.42 bits per heavy atom. The Balaban J connectivity index is 2.23. The molecule has 2 aromatic heterocycles. The van der Waals surface area contributed by atoms with Crippen LogP contribution in [0, 0.1) is 6.92 Å². The highest BCUT2D eigenvalue weighted by Gasteiger charge is 2.21. The van der Waals surface area contributed by atoms with Crippen molar-refractivity contribution in [3.63, 3.8) is 0 Å². The second-order valence-electron chi connectivity index (χ2n) is 6.86. The van der Waals surface area contributed by atoms with Gasteiger partial charge in [0.1, 0.15) is 23.4 Å². The first kappa shape index (κ1) is 18.8. The van der Waals surface area contributed by atoms with Gasteiger partial charge in [-0.1, -0.05) is 57.3 Å². The van der Waals surface area contributed by atoms with Crippen LogP contribution >= 0.6 is 11.6 Å². The predicted octanol–water partition coefficient (Wildman–Crippen LogP) is 6.16. The van der Waals surface area contributed by atoms with Gasteiger partial charge in [-0.15, -0.1) is 0 Å². The zero-order chi connectivity index (χ0) is 18.7. The van der Waals surface area contributed by atoms with E-state index in [1.807, 2.05) is 19.1 Å². The minimum atomic E-state index is 0.432. The summed E-state index contributed by atoms with van der Waals surface area (Å²) in [7, 11) is 0. The second-order valence-corrected chi connectivity index (χ2v) is 7.27. The lowest BCUT2D eigenvalue weighted by Gasteiger charge is -2.20. The summed E-state index contributed by atoms with van der Waals surface area (Å²) in [5.41, 5.74) is 4.65. The van der Waals surface area contributed by atoms with E-state index >= 15 is 0 Å². The summed E-state index contributed by atoms with van der Waals surface area (Å²) < 4.78 is 2.34. The van der Waals surface area contributed by atoms with E-state index in [0.29, 0.717) is 11.1 Å². The first-order valence-corrected chi connectivity index (χ1v) is 9.96. The summed E-state index contributed by atoms with van der Waals surface area (Å²) in [4.78, 5) is 14.1. The third-order valence-electron chi connectivity index (χ3n) is 4.85. The first-order valence-electron chi connectivity index (χ1n) is 9.58. The van der Waals surface area contributed by atoms with Gasteiger partial charge in [-0.3, -0.25) is 0 Å². The number of nitrogens with zero attached hydrogens (tertiary/aromatic N) is 4. The van der Waals surface area contributed by atoms with Gasteiger partial charge in [0.2, 0.25) is 0 Å². The molecule has 0 aliphatic heterocycles. The van der Waals surface area contributed by atoms with Crippen LogP contribution in [-0.2, 0) is 6.42 Å². The van der Waals surface area contributed by atoms with Crippen LogP contribution in [0.15, 0.2) is 24.5 Å². The van der Waals surface area contributed by atoms with Crippen molar-refractivity contribution in [1.82, 2.24) is 19.5 Å². The Morgan fingerprint density at radius 2 is 1.81 bits per heavy atom. The molecule has 0 bridgehead atoms. The first-order chi connectivity index (χ1) is 12.6. The van der Waals surface area contributed by atoms with Crippen LogP contribution < -0.4 is 0 Å². The highest BCUT2D eigenvalue weighted by Crippen LogP contribution is 2.34. The summed E-state index contributed by atoms with van der Waals surface area (Å²) in [5.74, 6) is 1.08. The molecule has 4 nitrogen and oxygen atoms in total. The van der Waals surface area contributed by atoms with Gasteiger partial charge >= 0.3 is 0 Å². The average Bonchev–Trinajstić information content (AvgIpc) is 3.00. The van der Waals surface area contributed by atoms with E-state index in [9.17, 15) is 0 Å². The number of halogens is 1. The SMILES string of the molecule is CCCC(CCC)n1c(CC)nc2c(-c3ccc(C)cc3Cl)ncnc21. The molecule has 2 heterocycles. The normalized spacial score (nSPS) is 11.6. The van der Waals surface area contributed by atoms with Crippen molar-refractivity contribution in [2.24, 2.45) is 0 Å². The number of aryl methyl sites for hydroxylation is 2. The minimum absolute atomic E-state index is 0.432.